The Balaban J connectivity index is 1.29. The van der Waals surface area contributed by atoms with Gasteiger partial charge in [0.2, 0.25) is 11.6 Å². The summed E-state index contributed by atoms with van der Waals surface area (Å²) in [5, 5.41) is 17.2. The number of ether oxygens (including phenoxy) is 2. The van der Waals surface area contributed by atoms with Gasteiger partial charge < -0.3 is 25.4 Å². The molecule has 0 bridgehead atoms. The van der Waals surface area contributed by atoms with Crippen molar-refractivity contribution in [2.24, 2.45) is 11.7 Å². The summed E-state index contributed by atoms with van der Waals surface area (Å²) in [6.07, 6.45) is 2.75. The van der Waals surface area contributed by atoms with E-state index in [-0.39, 0.29) is 19.1 Å². The summed E-state index contributed by atoms with van der Waals surface area (Å²) in [5.41, 5.74) is 9.69. The number of esters is 1. The van der Waals surface area contributed by atoms with Crippen LogP contribution in [0, 0.1) is 23.8 Å². The Labute approximate surface area is 317 Å². The average molecular weight is 758 g/mol. The predicted molar refractivity (Wildman–Crippen MR) is 206 cm³/mol. The fourth-order valence-corrected chi connectivity index (χ4v) is 7.49. The van der Waals surface area contributed by atoms with Gasteiger partial charge in [-0.05, 0) is 55.5 Å². The van der Waals surface area contributed by atoms with Crippen LogP contribution in [-0.4, -0.2) is 60.2 Å². The van der Waals surface area contributed by atoms with Crippen molar-refractivity contribution in [3.05, 3.63) is 81.6 Å². The summed E-state index contributed by atoms with van der Waals surface area (Å²) < 4.78 is 11.1. The van der Waals surface area contributed by atoms with E-state index in [0.29, 0.717) is 49.7 Å². The molecule has 0 spiro atoms. The number of hydrogen-bond acceptors (Lipinski definition) is 11. The smallest absolute Gasteiger partial charge is 0.328 e. The van der Waals surface area contributed by atoms with Crippen molar-refractivity contribution in [2.45, 2.75) is 62.9 Å². The molecule has 0 unspecified atom stereocenters. The summed E-state index contributed by atoms with van der Waals surface area (Å²) in [6, 6.07) is 15.5. The number of nitrogens with zero attached hydrogens (tertiary/aromatic N) is 5. The minimum Gasteiger partial charge on any atom is -0.490 e. The van der Waals surface area contributed by atoms with Gasteiger partial charge >= 0.3 is 5.97 Å². The fraction of sp³-hybridized carbons (Fsp3) is 0.368. The number of thiazole rings is 1. The topological polar surface area (TPSA) is 148 Å². The molecule has 3 N–H and O–H groups in total. The molecule has 1 amide bonds. The SMILES string of the molecule is [C-]#[N+]c1c(N2CCCC2)nc(SCc2csc(-c3ccc(Cl)cc3)n2)c(C#N)c1-c1ccc(OCCOC(=O)[C@H](C)NC(=O)[C@@H](N)[C@@H](C)CC)cc1. The molecule has 270 valence electrons. The normalized spacial score (nSPS) is 14.2. The number of halogens is 1. The Hall–Kier alpha value is -4.66. The van der Waals surface area contributed by atoms with Crippen LogP contribution in [0.2, 0.25) is 5.02 Å². The Kier molecular flexibility index (Phi) is 13.5. The highest BCUT2D eigenvalue weighted by atomic mass is 35.5. The molecule has 2 aromatic carbocycles. The first-order valence-electron chi connectivity index (χ1n) is 17.0. The lowest BCUT2D eigenvalue weighted by atomic mass is 9.99. The van der Waals surface area contributed by atoms with Gasteiger partial charge in [0.05, 0.1) is 23.9 Å². The van der Waals surface area contributed by atoms with Crippen LogP contribution in [0.5, 0.6) is 5.75 Å². The lowest BCUT2D eigenvalue weighted by Crippen LogP contribution is -2.50. The van der Waals surface area contributed by atoms with Gasteiger partial charge in [-0.2, -0.15) is 5.26 Å². The molecule has 3 atom stereocenters. The van der Waals surface area contributed by atoms with E-state index < -0.39 is 24.0 Å². The standard InChI is InChI=1S/C38H40ClN7O4S2/c1-5-23(2)32(41)35(47)43-24(3)38(48)50-19-18-49-29-14-10-25(11-15-29)31-30(20-40)37(45-34(33(31)42-4)46-16-6-7-17-46)52-22-28-21-51-36(44-28)26-8-12-27(39)13-9-26/h8-15,21,23-24,32H,5-7,16-19,22,41H2,1-3H3,(H,43,47)/t23-,24-,32-/m0/s1. The van der Waals surface area contributed by atoms with Crippen LogP contribution < -0.4 is 20.7 Å². The third kappa shape index (κ3) is 9.41. The first kappa shape index (κ1) is 38.6. The van der Waals surface area contributed by atoms with E-state index in [2.05, 4.69) is 21.1 Å². The van der Waals surface area contributed by atoms with E-state index in [1.54, 1.807) is 30.4 Å². The van der Waals surface area contributed by atoms with Crippen molar-refractivity contribution in [1.82, 2.24) is 15.3 Å². The predicted octanol–water partition coefficient (Wildman–Crippen LogP) is 7.64. The zero-order valence-corrected chi connectivity index (χ0v) is 31.6. The van der Waals surface area contributed by atoms with Crippen LogP contribution >= 0.6 is 34.7 Å². The van der Waals surface area contributed by atoms with Crippen molar-refractivity contribution in [3.8, 4) is 33.5 Å². The minimum atomic E-state index is -0.852. The van der Waals surface area contributed by atoms with Gasteiger partial charge in [-0.25, -0.2) is 19.6 Å². The van der Waals surface area contributed by atoms with Gasteiger partial charge in [0.1, 0.15) is 46.9 Å². The van der Waals surface area contributed by atoms with Crippen molar-refractivity contribution in [2.75, 3.05) is 31.2 Å². The molecular weight excluding hydrogens is 718 g/mol. The largest absolute Gasteiger partial charge is 0.490 e. The summed E-state index contributed by atoms with van der Waals surface area (Å²) >= 11 is 9.03. The molecule has 0 aliphatic carbocycles. The van der Waals surface area contributed by atoms with Crippen LogP contribution in [0.25, 0.3) is 26.5 Å². The molecule has 14 heteroatoms. The Morgan fingerprint density at radius 3 is 2.46 bits per heavy atom. The van der Waals surface area contributed by atoms with Crippen LogP contribution in [0.15, 0.2) is 58.9 Å². The van der Waals surface area contributed by atoms with Gasteiger partial charge in [-0.3, -0.25) is 4.79 Å². The summed E-state index contributed by atoms with van der Waals surface area (Å²) in [7, 11) is 0. The second kappa shape index (κ2) is 18.2. The van der Waals surface area contributed by atoms with E-state index in [9.17, 15) is 14.9 Å². The highest BCUT2D eigenvalue weighted by molar-refractivity contribution is 7.98. The lowest BCUT2D eigenvalue weighted by Gasteiger charge is -2.22. The van der Waals surface area contributed by atoms with Crippen molar-refractivity contribution < 1.29 is 19.1 Å². The molecule has 1 saturated heterocycles. The number of hydrogen-bond donors (Lipinski definition) is 2. The third-order valence-corrected chi connectivity index (χ3v) is 11.0. The first-order valence-corrected chi connectivity index (χ1v) is 19.3. The average Bonchev–Trinajstić information content (AvgIpc) is 3.88. The zero-order valence-electron chi connectivity index (χ0n) is 29.2. The number of rotatable bonds is 15. The van der Waals surface area contributed by atoms with Crippen molar-refractivity contribution in [1.29, 1.82) is 5.26 Å². The number of pyridine rings is 1. The second-order valence-electron chi connectivity index (χ2n) is 12.4. The number of anilines is 1. The quantitative estimate of drug-likeness (QED) is 0.0537. The van der Waals surface area contributed by atoms with Gasteiger partial charge in [0.15, 0.2) is 0 Å². The van der Waals surface area contributed by atoms with E-state index >= 15 is 0 Å². The zero-order chi connectivity index (χ0) is 37.2. The molecule has 5 rings (SSSR count). The second-order valence-corrected chi connectivity index (χ2v) is 14.6. The molecule has 52 heavy (non-hydrogen) atoms. The van der Waals surface area contributed by atoms with Gasteiger partial charge in [0, 0.05) is 40.4 Å². The minimum absolute atomic E-state index is 0.0152. The number of nitriles is 1. The highest BCUT2D eigenvalue weighted by Crippen LogP contribution is 2.45. The molecule has 4 aromatic rings. The maximum Gasteiger partial charge on any atom is 0.328 e. The molecule has 0 radical (unpaired) electrons. The van der Waals surface area contributed by atoms with Gasteiger partial charge in [0.25, 0.3) is 0 Å². The summed E-state index contributed by atoms with van der Waals surface area (Å²) in [4.78, 5) is 40.5. The number of nitrogens with one attached hydrogen (secondary N) is 1. The highest BCUT2D eigenvalue weighted by Gasteiger charge is 2.27. The van der Waals surface area contributed by atoms with Crippen molar-refractivity contribution in [3.63, 3.8) is 0 Å². The molecule has 2 aromatic heterocycles. The third-order valence-electron chi connectivity index (χ3n) is 8.76. The number of carbonyl (C=O) groups excluding carboxylic acids is 2. The van der Waals surface area contributed by atoms with Crippen LogP contribution in [-0.2, 0) is 20.1 Å². The lowest BCUT2D eigenvalue weighted by molar-refractivity contribution is -0.148. The van der Waals surface area contributed by atoms with Crippen LogP contribution in [0.3, 0.4) is 0 Å². The fourth-order valence-electron chi connectivity index (χ4n) is 5.55. The number of amides is 1. The molecule has 3 heterocycles. The Morgan fingerprint density at radius 2 is 1.81 bits per heavy atom. The molecule has 1 fully saturated rings. The molecule has 1 aliphatic rings. The summed E-state index contributed by atoms with van der Waals surface area (Å²) in [6.45, 7) is 15.2. The Morgan fingerprint density at radius 1 is 1.12 bits per heavy atom. The van der Waals surface area contributed by atoms with Crippen LogP contribution in [0.4, 0.5) is 11.5 Å². The number of benzene rings is 2. The monoisotopic (exact) mass is 757 g/mol. The van der Waals surface area contributed by atoms with E-state index in [4.69, 9.17) is 43.3 Å². The van der Waals surface area contributed by atoms with Gasteiger partial charge in [-0.1, -0.05) is 67.9 Å². The Bertz CT molecular complexity index is 1950. The molecule has 0 saturated carbocycles. The van der Waals surface area contributed by atoms with E-state index in [1.807, 2.05) is 55.6 Å². The maximum atomic E-state index is 12.4. The number of thioether (sulfide) groups is 1. The van der Waals surface area contributed by atoms with E-state index in [0.717, 1.165) is 48.6 Å². The number of aromatic nitrogens is 2. The molecule has 11 nitrogen and oxygen atoms in total. The molecule has 1 aliphatic heterocycles. The number of carbonyl (C=O) groups is 2. The van der Waals surface area contributed by atoms with Crippen LogP contribution in [0.1, 0.15) is 51.3 Å². The maximum absolute atomic E-state index is 12.4. The van der Waals surface area contributed by atoms with Gasteiger partial charge in [-0.15, -0.1) is 11.3 Å². The van der Waals surface area contributed by atoms with Crippen molar-refractivity contribution >= 4 is 58.1 Å². The van der Waals surface area contributed by atoms with E-state index in [1.165, 1.54) is 11.8 Å². The molecular formula is C38H40ClN7O4S2. The first-order chi connectivity index (χ1) is 25.1. The summed E-state index contributed by atoms with van der Waals surface area (Å²) in [5.74, 6) is 0.600. The number of nitrogens with two attached hydrogens (primary N) is 1.